The molecule has 0 atom stereocenters. The molecule has 1 aliphatic carbocycles. The van der Waals surface area contributed by atoms with Crippen LogP contribution in [0.4, 0.5) is 5.00 Å². The molecule has 0 radical (unpaired) electrons. The summed E-state index contributed by atoms with van der Waals surface area (Å²) in [6, 6.07) is 7.30. The molecule has 0 fully saturated rings. The number of benzene rings is 1. The maximum atomic E-state index is 12.3. The van der Waals surface area contributed by atoms with Gasteiger partial charge in [-0.1, -0.05) is 29.8 Å². The average molecular weight is 370 g/mol. The van der Waals surface area contributed by atoms with Crippen LogP contribution in [0.5, 0.6) is 0 Å². The molecule has 136 valence electrons. The van der Waals surface area contributed by atoms with Gasteiger partial charge >= 0.3 is 0 Å². The largest absolute Gasteiger partial charge is 0.365 e. The van der Waals surface area contributed by atoms with E-state index in [0.717, 1.165) is 41.7 Å². The number of rotatable bonds is 6. The molecule has 0 saturated carbocycles. The molecule has 1 aromatic heterocycles. The summed E-state index contributed by atoms with van der Waals surface area (Å²) in [6.45, 7) is 1.96. The molecule has 3 N–H and O–H groups in total. The number of ketones is 1. The zero-order chi connectivity index (χ0) is 18.7. The first-order chi connectivity index (χ1) is 12.5. The van der Waals surface area contributed by atoms with Crippen molar-refractivity contribution < 1.29 is 14.4 Å². The first-order valence-corrected chi connectivity index (χ1v) is 9.61. The van der Waals surface area contributed by atoms with E-state index in [4.69, 9.17) is 5.73 Å². The van der Waals surface area contributed by atoms with Crippen LogP contribution in [0.3, 0.4) is 0 Å². The number of nitrogens with two attached hydrogens (primary N) is 1. The van der Waals surface area contributed by atoms with Crippen LogP contribution in [0.2, 0.25) is 0 Å². The van der Waals surface area contributed by atoms with Crippen molar-refractivity contribution in [2.75, 3.05) is 5.32 Å². The summed E-state index contributed by atoms with van der Waals surface area (Å²) in [5.41, 5.74) is 8.65. The molecule has 6 heteroatoms. The maximum Gasteiger partial charge on any atom is 0.251 e. The smallest absolute Gasteiger partial charge is 0.251 e. The molecule has 2 aromatic rings. The topological polar surface area (TPSA) is 89.3 Å². The fourth-order valence-electron chi connectivity index (χ4n) is 3.21. The second-order valence-corrected chi connectivity index (χ2v) is 7.72. The van der Waals surface area contributed by atoms with Gasteiger partial charge in [0.25, 0.3) is 5.91 Å². The molecule has 2 amide bonds. The number of thiophene rings is 1. The molecule has 5 nitrogen and oxygen atoms in total. The van der Waals surface area contributed by atoms with Crippen LogP contribution in [-0.2, 0) is 17.6 Å². The molecule has 0 spiro atoms. The van der Waals surface area contributed by atoms with Crippen LogP contribution in [0, 0.1) is 6.92 Å². The number of carbonyl (C=O) groups excluding carboxylic acids is 3. The van der Waals surface area contributed by atoms with Gasteiger partial charge < -0.3 is 11.1 Å². The van der Waals surface area contributed by atoms with Gasteiger partial charge in [-0.2, -0.15) is 0 Å². The van der Waals surface area contributed by atoms with E-state index in [2.05, 4.69) is 5.32 Å². The van der Waals surface area contributed by atoms with Crippen molar-refractivity contribution >= 4 is 33.9 Å². The van der Waals surface area contributed by atoms with Gasteiger partial charge in [-0.15, -0.1) is 11.3 Å². The lowest BCUT2D eigenvalue weighted by molar-refractivity contribution is -0.116. The van der Waals surface area contributed by atoms with Crippen LogP contribution in [0.15, 0.2) is 24.3 Å². The molecule has 1 aliphatic rings. The van der Waals surface area contributed by atoms with E-state index in [0.29, 0.717) is 16.1 Å². The van der Waals surface area contributed by atoms with Gasteiger partial charge in [0, 0.05) is 23.3 Å². The lowest BCUT2D eigenvalue weighted by Crippen LogP contribution is -2.19. The summed E-state index contributed by atoms with van der Waals surface area (Å²) in [6.07, 6.45) is 4.07. The molecule has 3 rings (SSSR count). The minimum absolute atomic E-state index is 0.0688. The number of anilines is 1. The summed E-state index contributed by atoms with van der Waals surface area (Å²) in [5.74, 6) is -0.845. The van der Waals surface area contributed by atoms with Gasteiger partial charge in [0.05, 0.1) is 5.56 Å². The highest BCUT2D eigenvalue weighted by molar-refractivity contribution is 7.17. The molecule has 1 aromatic carbocycles. The zero-order valence-corrected chi connectivity index (χ0v) is 15.6. The van der Waals surface area contributed by atoms with Crippen LogP contribution >= 0.6 is 11.3 Å². The first kappa shape index (κ1) is 18.3. The van der Waals surface area contributed by atoms with Crippen molar-refractivity contribution in [1.82, 2.24) is 0 Å². The van der Waals surface area contributed by atoms with Gasteiger partial charge in [-0.3, -0.25) is 14.4 Å². The average Bonchev–Trinajstić information content (AvgIpc) is 2.98. The van der Waals surface area contributed by atoms with Crippen molar-refractivity contribution in [1.29, 1.82) is 0 Å². The Bertz CT molecular complexity index is 853. The second-order valence-electron chi connectivity index (χ2n) is 6.62. The number of carbonyl (C=O) groups is 3. The Labute approximate surface area is 156 Å². The van der Waals surface area contributed by atoms with E-state index < -0.39 is 5.91 Å². The van der Waals surface area contributed by atoms with E-state index in [9.17, 15) is 14.4 Å². The Morgan fingerprint density at radius 3 is 2.46 bits per heavy atom. The van der Waals surface area contributed by atoms with Crippen LogP contribution in [-0.4, -0.2) is 17.6 Å². The normalized spacial score (nSPS) is 13.1. The summed E-state index contributed by atoms with van der Waals surface area (Å²) in [5, 5.41) is 3.32. The van der Waals surface area contributed by atoms with Crippen molar-refractivity contribution in [3.05, 3.63) is 51.4 Å². The number of Topliss-reactive ketones (excluding diaryl/α,β-unsaturated/α-hetero) is 1. The van der Waals surface area contributed by atoms with Gasteiger partial charge in [-0.25, -0.2) is 0 Å². The summed E-state index contributed by atoms with van der Waals surface area (Å²) in [4.78, 5) is 37.5. The maximum absolute atomic E-state index is 12.3. The van der Waals surface area contributed by atoms with Crippen LogP contribution < -0.4 is 11.1 Å². The van der Waals surface area contributed by atoms with E-state index in [1.165, 1.54) is 11.3 Å². The number of hydrogen-bond donors (Lipinski definition) is 2. The third-order valence-corrected chi connectivity index (χ3v) is 5.83. The Morgan fingerprint density at radius 1 is 1.08 bits per heavy atom. The third-order valence-electron chi connectivity index (χ3n) is 4.62. The lowest BCUT2D eigenvalue weighted by Gasteiger charge is -2.11. The van der Waals surface area contributed by atoms with Gasteiger partial charge in [-0.05, 0) is 38.2 Å². The summed E-state index contributed by atoms with van der Waals surface area (Å²) in [7, 11) is 0. The quantitative estimate of drug-likeness (QED) is 0.761. The molecule has 26 heavy (non-hydrogen) atoms. The highest BCUT2D eigenvalue weighted by Gasteiger charge is 2.25. The number of nitrogens with one attached hydrogen (secondary N) is 1. The monoisotopic (exact) mass is 370 g/mol. The molecular formula is C20H22N2O3S. The van der Waals surface area contributed by atoms with Crippen molar-refractivity contribution in [2.45, 2.75) is 45.4 Å². The molecule has 0 saturated heterocycles. The minimum atomic E-state index is -0.504. The SMILES string of the molecule is Cc1ccc(C(=O)CCC(=O)Nc2sc3c(c2C(N)=O)CCCC3)cc1. The van der Waals surface area contributed by atoms with Gasteiger partial charge in [0.2, 0.25) is 5.91 Å². The van der Waals surface area contributed by atoms with Gasteiger partial charge in [0.15, 0.2) is 5.78 Å². The predicted octanol–water partition coefficient (Wildman–Crippen LogP) is 3.64. The van der Waals surface area contributed by atoms with E-state index in [-0.39, 0.29) is 24.5 Å². The fourth-order valence-corrected chi connectivity index (χ4v) is 4.53. The molecule has 1 heterocycles. The van der Waals surface area contributed by atoms with Crippen molar-refractivity contribution in [3.8, 4) is 0 Å². The predicted molar refractivity (Wildman–Crippen MR) is 103 cm³/mol. The summed E-state index contributed by atoms with van der Waals surface area (Å²) >= 11 is 1.43. The fraction of sp³-hybridized carbons (Fsp3) is 0.350. The minimum Gasteiger partial charge on any atom is -0.365 e. The number of hydrogen-bond acceptors (Lipinski definition) is 4. The van der Waals surface area contributed by atoms with Crippen LogP contribution in [0.25, 0.3) is 0 Å². The Balaban J connectivity index is 1.65. The second kappa shape index (κ2) is 7.83. The standard InChI is InChI=1S/C20H22N2O3S/c1-12-6-8-13(9-7-12)15(23)10-11-17(24)22-20-18(19(21)25)14-4-2-3-5-16(14)26-20/h6-9H,2-5,10-11H2,1H3,(H2,21,25)(H,22,24). The highest BCUT2D eigenvalue weighted by atomic mass is 32.1. The van der Waals surface area contributed by atoms with Crippen molar-refractivity contribution in [3.63, 3.8) is 0 Å². The Kier molecular flexibility index (Phi) is 5.52. The Morgan fingerprint density at radius 2 is 1.77 bits per heavy atom. The molecule has 0 aliphatic heterocycles. The molecule has 0 unspecified atom stereocenters. The van der Waals surface area contributed by atoms with Crippen LogP contribution in [0.1, 0.15) is 62.4 Å². The first-order valence-electron chi connectivity index (χ1n) is 8.79. The number of fused-ring (bicyclic) bond motifs is 1. The highest BCUT2D eigenvalue weighted by Crippen LogP contribution is 2.37. The van der Waals surface area contributed by atoms with E-state index >= 15 is 0 Å². The number of primary amides is 1. The van der Waals surface area contributed by atoms with E-state index in [1.54, 1.807) is 12.1 Å². The molecule has 0 bridgehead atoms. The summed E-state index contributed by atoms with van der Waals surface area (Å²) < 4.78 is 0. The molecular weight excluding hydrogens is 348 g/mol. The Hall–Kier alpha value is -2.47. The van der Waals surface area contributed by atoms with Crippen molar-refractivity contribution in [2.24, 2.45) is 5.73 Å². The lowest BCUT2D eigenvalue weighted by atomic mass is 9.95. The number of aryl methyl sites for hydroxylation is 2. The van der Waals surface area contributed by atoms with Gasteiger partial charge in [0.1, 0.15) is 5.00 Å². The third kappa shape index (κ3) is 4.02. The van der Waals surface area contributed by atoms with E-state index in [1.807, 2.05) is 19.1 Å². The zero-order valence-electron chi connectivity index (χ0n) is 14.8. The number of amides is 2.